The molecule has 0 bridgehead atoms. The number of nitrogens with zero attached hydrogens (tertiary/aromatic N) is 2. The second-order valence-electron chi connectivity index (χ2n) is 9.28. The van der Waals surface area contributed by atoms with E-state index in [0.29, 0.717) is 31.7 Å². The minimum Gasteiger partial charge on any atom is -0.444 e. The van der Waals surface area contributed by atoms with E-state index in [2.05, 4.69) is 5.32 Å². The summed E-state index contributed by atoms with van der Waals surface area (Å²) in [6, 6.07) is 5.09. The Kier molecular flexibility index (Phi) is 7.92. The fraction of sp³-hybridized carbons (Fsp3) is 0.591. The van der Waals surface area contributed by atoms with Crippen molar-refractivity contribution in [2.45, 2.75) is 51.2 Å². The molecule has 1 fully saturated rings. The van der Waals surface area contributed by atoms with Crippen LogP contribution in [0.25, 0.3) is 0 Å². The van der Waals surface area contributed by atoms with Crippen molar-refractivity contribution in [1.29, 1.82) is 0 Å². The molecule has 1 aliphatic heterocycles. The Balaban J connectivity index is 1.98. The van der Waals surface area contributed by atoms with Gasteiger partial charge < -0.3 is 19.9 Å². The third kappa shape index (κ3) is 6.94. The average molecular weight is 468 g/mol. The molecule has 1 aliphatic rings. The van der Waals surface area contributed by atoms with E-state index in [9.17, 15) is 22.8 Å². The van der Waals surface area contributed by atoms with Crippen molar-refractivity contribution in [1.82, 2.24) is 15.1 Å². The number of amides is 3. The molecule has 9 nitrogen and oxygen atoms in total. The molecular formula is C22H33N3O6S. The average Bonchev–Trinajstić information content (AvgIpc) is 2.69. The van der Waals surface area contributed by atoms with Crippen LogP contribution >= 0.6 is 0 Å². The number of ether oxygens (including phenoxy) is 1. The second kappa shape index (κ2) is 9.89. The lowest BCUT2D eigenvalue weighted by Crippen LogP contribution is -2.57. The zero-order valence-corrected chi connectivity index (χ0v) is 20.4. The van der Waals surface area contributed by atoms with Crippen molar-refractivity contribution in [2.75, 3.05) is 32.4 Å². The van der Waals surface area contributed by atoms with E-state index >= 15 is 0 Å². The van der Waals surface area contributed by atoms with Crippen LogP contribution in [0.15, 0.2) is 29.2 Å². The lowest BCUT2D eigenvalue weighted by atomic mass is 10.0. The number of carbonyl (C=O) groups excluding carboxylic acids is 3. The molecule has 0 aromatic heterocycles. The maximum absolute atomic E-state index is 13.0. The van der Waals surface area contributed by atoms with Crippen LogP contribution in [0.4, 0.5) is 4.79 Å². The van der Waals surface area contributed by atoms with Crippen LogP contribution in [0.2, 0.25) is 0 Å². The topological polar surface area (TPSA) is 113 Å². The molecule has 1 N–H and O–H groups in total. The maximum atomic E-state index is 13.0. The number of nitrogens with one attached hydrogen (secondary N) is 1. The van der Waals surface area contributed by atoms with Gasteiger partial charge in [0.15, 0.2) is 9.84 Å². The van der Waals surface area contributed by atoms with Crippen LogP contribution < -0.4 is 5.32 Å². The summed E-state index contributed by atoms with van der Waals surface area (Å²) in [4.78, 5) is 41.3. The second-order valence-corrected chi connectivity index (χ2v) is 11.3. The highest BCUT2D eigenvalue weighted by Crippen LogP contribution is 2.15. The Labute approximate surface area is 190 Å². The summed E-state index contributed by atoms with van der Waals surface area (Å²) >= 11 is 0. The number of rotatable bonds is 5. The number of benzene rings is 1. The first-order chi connectivity index (χ1) is 14.7. The zero-order valence-electron chi connectivity index (χ0n) is 19.5. The monoisotopic (exact) mass is 467 g/mol. The summed E-state index contributed by atoms with van der Waals surface area (Å²) in [5.74, 6) is -0.567. The summed E-state index contributed by atoms with van der Waals surface area (Å²) in [5.41, 5.74) is -0.274. The molecule has 0 saturated carbocycles. The zero-order chi connectivity index (χ0) is 24.3. The molecule has 1 aromatic rings. The Morgan fingerprint density at radius 1 is 0.969 bits per heavy atom. The van der Waals surface area contributed by atoms with Gasteiger partial charge in [-0.2, -0.15) is 0 Å². The van der Waals surface area contributed by atoms with Gasteiger partial charge >= 0.3 is 6.09 Å². The Morgan fingerprint density at radius 2 is 1.47 bits per heavy atom. The first-order valence-corrected chi connectivity index (χ1v) is 12.5. The molecule has 3 amide bonds. The summed E-state index contributed by atoms with van der Waals surface area (Å²) in [7, 11) is -3.33. The molecule has 2 rings (SSSR count). The van der Waals surface area contributed by atoms with E-state index in [1.54, 1.807) is 30.6 Å². The Hall–Kier alpha value is -2.62. The fourth-order valence-electron chi connectivity index (χ4n) is 3.30. The summed E-state index contributed by atoms with van der Waals surface area (Å²) in [6.45, 7) is 10.3. The van der Waals surface area contributed by atoms with Crippen molar-refractivity contribution in [3.05, 3.63) is 29.8 Å². The first-order valence-electron chi connectivity index (χ1n) is 10.6. The molecule has 1 saturated heterocycles. The minimum atomic E-state index is -3.33. The number of sulfone groups is 1. The summed E-state index contributed by atoms with van der Waals surface area (Å²) in [5, 5.41) is 2.67. The van der Waals surface area contributed by atoms with Gasteiger partial charge in [-0.15, -0.1) is 0 Å². The number of hydrogen-bond donors (Lipinski definition) is 1. The van der Waals surface area contributed by atoms with Gasteiger partial charge in [0.1, 0.15) is 11.6 Å². The number of piperazine rings is 1. The van der Waals surface area contributed by atoms with E-state index in [0.717, 1.165) is 6.26 Å². The van der Waals surface area contributed by atoms with Gasteiger partial charge in [-0.1, -0.05) is 13.8 Å². The van der Waals surface area contributed by atoms with Gasteiger partial charge in [-0.3, -0.25) is 9.59 Å². The molecule has 1 heterocycles. The lowest BCUT2D eigenvalue weighted by molar-refractivity contribution is -0.136. The predicted octanol–water partition coefficient (Wildman–Crippen LogP) is 1.92. The molecule has 0 spiro atoms. The van der Waals surface area contributed by atoms with Crippen molar-refractivity contribution in [3.8, 4) is 0 Å². The van der Waals surface area contributed by atoms with Gasteiger partial charge in [0, 0.05) is 38.0 Å². The van der Waals surface area contributed by atoms with Crippen molar-refractivity contribution < 1.29 is 27.5 Å². The van der Waals surface area contributed by atoms with Crippen LogP contribution in [0, 0.1) is 5.92 Å². The van der Waals surface area contributed by atoms with E-state index < -0.39 is 27.6 Å². The summed E-state index contributed by atoms with van der Waals surface area (Å²) in [6.07, 6.45) is 0.471. The molecule has 32 heavy (non-hydrogen) atoms. The molecule has 1 atom stereocenters. The van der Waals surface area contributed by atoms with E-state index in [1.165, 1.54) is 24.3 Å². The normalized spacial score (nSPS) is 16.0. The van der Waals surface area contributed by atoms with E-state index in [1.807, 2.05) is 13.8 Å². The third-order valence-electron chi connectivity index (χ3n) is 5.01. The van der Waals surface area contributed by atoms with Crippen molar-refractivity contribution >= 4 is 27.7 Å². The largest absolute Gasteiger partial charge is 0.444 e. The highest BCUT2D eigenvalue weighted by Gasteiger charge is 2.33. The molecular weight excluding hydrogens is 434 g/mol. The SMILES string of the molecule is CC(C)[C@H](NC(=O)OC(C)(C)C)C(=O)N1CCN(C(=O)c2ccc(S(C)(=O)=O)cc2)CC1. The maximum Gasteiger partial charge on any atom is 0.408 e. The van der Waals surface area contributed by atoms with Gasteiger partial charge in [-0.05, 0) is 51.0 Å². The third-order valence-corrected chi connectivity index (χ3v) is 6.14. The molecule has 1 aromatic carbocycles. The molecule has 178 valence electrons. The molecule has 0 aliphatic carbocycles. The fourth-order valence-corrected chi connectivity index (χ4v) is 3.93. The van der Waals surface area contributed by atoms with Crippen LogP contribution in [0.1, 0.15) is 45.0 Å². The van der Waals surface area contributed by atoms with Crippen molar-refractivity contribution in [3.63, 3.8) is 0 Å². The van der Waals surface area contributed by atoms with Gasteiger partial charge in [-0.25, -0.2) is 13.2 Å². The molecule has 0 radical (unpaired) electrons. The number of carbonyl (C=O) groups is 3. The quantitative estimate of drug-likeness (QED) is 0.708. The smallest absolute Gasteiger partial charge is 0.408 e. The highest BCUT2D eigenvalue weighted by atomic mass is 32.2. The van der Waals surface area contributed by atoms with Crippen LogP contribution in [0.3, 0.4) is 0 Å². The highest BCUT2D eigenvalue weighted by molar-refractivity contribution is 7.90. The standard InChI is InChI=1S/C22H33N3O6S/c1-15(2)18(23-21(28)31-22(3,4)5)20(27)25-13-11-24(12-14-25)19(26)16-7-9-17(10-8-16)32(6,29)30/h7-10,15,18H,11-14H2,1-6H3,(H,23,28)/t18-/m0/s1. The van der Waals surface area contributed by atoms with Gasteiger partial charge in [0.05, 0.1) is 4.90 Å². The number of alkyl carbamates (subject to hydrolysis) is 1. The minimum absolute atomic E-state index is 0.136. The summed E-state index contributed by atoms with van der Waals surface area (Å²) < 4.78 is 28.4. The van der Waals surface area contributed by atoms with Gasteiger partial charge in [0.25, 0.3) is 5.91 Å². The van der Waals surface area contributed by atoms with Gasteiger partial charge in [0.2, 0.25) is 5.91 Å². The van der Waals surface area contributed by atoms with E-state index in [-0.39, 0.29) is 22.6 Å². The molecule has 10 heteroatoms. The predicted molar refractivity (Wildman–Crippen MR) is 120 cm³/mol. The molecule has 0 unspecified atom stereocenters. The van der Waals surface area contributed by atoms with E-state index in [4.69, 9.17) is 4.74 Å². The first kappa shape index (κ1) is 25.6. The Morgan fingerprint density at radius 3 is 1.91 bits per heavy atom. The lowest BCUT2D eigenvalue weighted by Gasteiger charge is -2.37. The van der Waals surface area contributed by atoms with Crippen molar-refractivity contribution in [2.24, 2.45) is 5.92 Å². The number of hydrogen-bond acceptors (Lipinski definition) is 6. The Bertz CT molecular complexity index is 943. The van der Waals surface area contributed by atoms with Crippen LogP contribution in [0.5, 0.6) is 0 Å². The van der Waals surface area contributed by atoms with Crippen LogP contribution in [-0.2, 0) is 19.4 Å². The van der Waals surface area contributed by atoms with Crippen LogP contribution in [-0.4, -0.2) is 80.2 Å².